The van der Waals surface area contributed by atoms with Crippen molar-refractivity contribution < 1.29 is 9.90 Å². The Morgan fingerprint density at radius 2 is 1.96 bits per heavy atom. The summed E-state index contributed by atoms with van der Waals surface area (Å²) < 4.78 is 3.85. The maximum absolute atomic E-state index is 12.9. The number of piperidine rings is 1. The van der Waals surface area contributed by atoms with Gasteiger partial charge in [-0.2, -0.15) is 0 Å². The Morgan fingerprint density at radius 3 is 2.56 bits per heavy atom. The van der Waals surface area contributed by atoms with Crippen LogP contribution in [0.5, 0.6) is 0 Å². The van der Waals surface area contributed by atoms with Crippen LogP contribution in [0.25, 0.3) is 0 Å². The fraction of sp³-hybridized carbons (Fsp3) is 0.611. The lowest BCUT2D eigenvalue weighted by Gasteiger charge is -2.39. The van der Waals surface area contributed by atoms with Crippen LogP contribution in [-0.4, -0.2) is 53.7 Å². The lowest BCUT2D eigenvalue weighted by atomic mass is 9.91. The zero-order valence-corrected chi connectivity index (χ0v) is 15.2. The second-order valence-electron chi connectivity index (χ2n) is 7.31. The lowest BCUT2D eigenvalue weighted by molar-refractivity contribution is -0.139. The predicted octanol–water partition coefficient (Wildman–Crippen LogP) is 1.82. The van der Waals surface area contributed by atoms with Gasteiger partial charge < -0.3 is 19.1 Å². The van der Waals surface area contributed by atoms with E-state index in [0.29, 0.717) is 32.5 Å². The molecule has 1 aliphatic heterocycles. The highest BCUT2D eigenvalue weighted by molar-refractivity contribution is 5.80. The summed E-state index contributed by atoms with van der Waals surface area (Å²) in [5, 5.41) is 10.8. The largest absolute Gasteiger partial charge is 0.388 e. The van der Waals surface area contributed by atoms with Crippen molar-refractivity contribution in [2.45, 2.75) is 57.7 Å². The third-order valence-electron chi connectivity index (χ3n) is 5.03. The normalized spacial score (nSPS) is 18.5. The number of hydrogen-bond donors (Lipinski definition) is 1. The van der Waals surface area contributed by atoms with Crippen LogP contribution in [0.3, 0.4) is 0 Å². The monoisotopic (exact) mass is 345 g/mol. The number of imidazole rings is 2. The molecule has 1 aliphatic rings. The minimum Gasteiger partial charge on any atom is -0.388 e. The Kier molecular flexibility index (Phi) is 4.94. The lowest BCUT2D eigenvalue weighted by Crippen LogP contribution is -2.50. The summed E-state index contributed by atoms with van der Waals surface area (Å²) in [6, 6.07) is -0.278. The van der Waals surface area contributed by atoms with Gasteiger partial charge in [-0.05, 0) is 19.8 Å². The van der Waals surface area contributed by atoms with Crippen LogP contribution in [-0.2, 0) is 11.3 Å². The molecular formula is C18H27N5O2. The molecule has 1 saturated heterocycles. The maximum Gasteiger partial charge on any atom is 0.245 e. The summed E-state index contributed by atoms with van der Waals surface area (Å²) in [4.78, 5) is 23.1. The minimum atomic E-state index is -0.779. The highest BCUT2D eigenvalue weighted by Crippen LogP contribution is 2.26. The summed E-state index contributed by atoms with van der Waals surface area (Å²) in [5.74, 6) is 1.28. The maximum atomic E-state index is 12.9. The number of rotatable bonds is 5. The predicted molar refractivity (Wildman–Crippen MR) is 94.0 cm³/mol. The molecule has 0 radical (unpaired) electrons. The Balaban J connectivity index is 1.62. The number of likely N-dealkylation sites (tertiary alicyclic amines) is 1. The Morgan fingerprint density at radius 1 is 1.24 bits per heavy atom. The standard InChI is InChI=1S/C18H27N5O2/c1-14(2)16-20-7-11-23(16)15(3)17(24)22-8-4-18(25,5-9-22)12-21-10-6-19-13-21/h6-7,10-11,13-15,25H,4-5,8-9,12H2,1-3H3. The van der Waals surface area contributed by atoms with Crippen LogP contribution in [0.15, 0.2) is 31.1 Å². The molecule has 0 bridgehead atoms. The number of aliphatic hydroxyl groups is 1. The number of hydrogen-bond acceptors (Lipinski definition) is 4. The summed E-state index contributed by atoms with van der Waals surface area (Å²) >= 11 is 0. The van der Waals surface area contributed by atoms with Crippen LogP contribution in [0, 0.1) is 0 Å². The second kappa shape index (κ2) is 7.00. The summed E-state index contributed by atoms with van der Waals surface area (Å²) in [7, 11) is 0. The van der Waals surface area contributed by atoms with Crippen molar-refractivity contribution in [1.82, 2.24) is 24.0 Å². The average Bonchev–Trinajstić information content (AvgIpc) is 3.25. The van der Waals surface area contributed by atoms with Crippen molar-refractivity contribution in [3.8, 4) is 0 Å². The molecule has 3 rings (SSSR count). The number of carbonyl (C=O) groups excluding carboxylic acids is 1. The van der Waals surface area contributed by atoms with E-state index in [-0.39, 0.29) is 17.9 Å². The first kappa shape index (κ1) is 17.7. The van der Waals surface area contributed by atoms with Gasteiger partial charge in [-0.1, -0.05) is 13.8 Å². The van der Waals surface area contributed by atoms with Gasteiger partial charge in [0.2, 0.25) is 5.91 Å². The van der Waals surface area contributed by atoms with Crippen LogP contribution in [0.1, 0.15) is 51.4 Å². The van der Waals surface area contributed by atoms with E-state index in [1.807, 2.05) is 33.4 Å². The van der Waals surface area contributed by atoms with Crippen LogP contribution in [0.4, 0.5) is 0 Å². The van der Waals surface area contributed by atoms with Crippen molar-refractivity contribution in [1.29, 1.82) is 0 Å². The van der Waals surface area contributed by atoms with Crippen molar-refractivity contribution in [2.75, 3.05) is 13.1 Å². The molecule has 1 N–H and O–H groups in total. The van der Waals surface area contributed by atoms with E-state index in [2.05, 4.69) is 23.8 Å². The Hall–Kier alpha value is -2.15. The fourth-order valence-corrected chi connectivity index (χ4v) is 3.50. The third-order valence-corrected chi connectivity index (χ3v) is 5.03. The van der Waals surface area contributed by atoms with Gasteiger partial charge in [-0.3, -0.25) is 4.79 Å². The van der Waals surface area contributed by atoms with E-state index < -0.39 is 5.60 Å². The van der Waals surface area contributed by atoms with Crippen LogP contribution < -0.4 is 0 Å². The first-order chi connectivity index (χ1) is 11.9. The summed E-state index contributed by atoms with van der Waals surface area (Å²) in [6.07, 6.45) is 10.0. The molecule has 1 fully saturated rings. The molecule has 2 aromatic rings. The molecule has 3 heterocycles. The Labute approximate surface area is 148 Å². The van der Waals surface area contributed by atoms with E-state index in [4.69, 9.17) is 0 Å². The zero-order valence-electron chi connectivity index (χ0n) is 15.2. The Bertz CT molecular complexity index is 699. The first-order valence-electron chi connectivity index (χ1n) is 8.89. The topological polar surface area (TPSA) is 76.2 Å². The van der Waals surface area contributed by atoms with Gasteiger partial charge in [0, 0.05) is 43.8 Å². The fourth-order valence-electron chi connectivity index (χ4n) is 3.50. The third kappa shape index (κ3) is 3.76. The molecular weight excluding hydrogens is 318 g/mol. The molecule has 25 heavy (non-hydrogen) atoms. The SMILES string of the molecule is CC(C)c1nccn1C(C)C(=O)N1CCC(O)(Cn2ccnc2)CC1. The van der Waals surface area contributed by atoms with Crippen LogP contribution in [0.2, 0.25) is 0 Å². The van der Waals surface area contributed by atoms with E-state index in [0.717, 1.165) is 5.82 Å². The van der Waals surface area contributed by atoms with Gasteiger partial charge in [0.1, 0.15) is 11.9 Å². The van der Waals surface area contributed by atoms with Gasteiger partial charge in [-0.15, -0.1) is 0 Å². The molecule has 1 atom stereocenters. The van der Waals surface area contributed by atoms with Crippen molar-refractivity contribution >= 4 is 5.91 Å². The van der Waals surface area contributed by atoms with Crippen molar-refractivity contribution in [3.63, 3.8) is 0 Å². The molecule has 0 aliphatic carbocycles. The molecule has 1 unspecified atom stereocenters. The van der Waals surface area contributed by atoms with E-state index >= 15 is 0 Å². The van der Waals surface area contributed by atoms with E-state index in [1.54, 1.807) is 18.7 Å². The molecule has 0 spiro atoms. The minimum absolute atomic E-state index is 0.0876. The highest BCUT2D eigenvalue weighted by atomic mass is 16.3. The number of carbonyl (C=O) groups is 1. The number of aromatic nitrogens is 4. The molecule has 2 aromatic heterocycles. The summed E-state index contributed by atoms with van der Waals surface area (Å²) in [6.45, 7) is 7.73. The average molecular weight is 345 g/mol. The molecule has 0 saturated carbocycles. The first-order valence-corrected chi connectivity index (χ1v) is 8.89. The van der Waals surface area contributed by atoms with Gasteiger partial charge >= 0.3 is 0 Å². The molecule has 1 amide bonds. The van der Waals surface area contributed by atoms with E-state index in [9.17, 15) is 9.90 Å². The molecule has 136 valence electrons. The quantitative estimate of drug-likeness (QED) is 0.897. The van der Waals surface area contributed by atoms with Gasteiger partial charge in [0.05, 0.1) is 18.5 Å². The van der Waals surface area contributed by atoms with Crippen molar-refractivity contribution in [3.05, 3.63) is 36.9 Å². The smallest absolute Gasteiger partial charge is 0.245 e. The van der Waals surface area contributed by atoms with E-state index in [1.165, 1.54) is 0 Å². The number of amides is 1. The van der Waals surface area contributed by atoms with Crippen LogP contribution >= 0.6 is 0 Å². The zero-order chi connectivity index (χ0) is 18.0. The van der Waals surface area contributed by atoms with Gasteiger partial charge in [-0.25, -0.2) is 9.97 Å². The molecule has 7 nitrogen and oxygen atoms in total. The van der Waals surface area contributed by atoms with Crippen molar-refractivity contribution in [2.24, 2.45) is 0 Å². The summed E-state index contributed by atoms with van der Waals surface area (Å²) in [5.41, 5.74) is -0.779. The number of nitrogens with zero attached hydrogens (tertiary/aromatic N) is 5. The second-order valence-corrected chi connectivity index (χ2v) is 7.31. The highest BCUT2D eigenvalue weighted by Gasteiger charge is 2.35. The van der Waals surface area contributed by atoms with Gasteiger partial charge in [0.15, 0.2) is 0 Å². The molecule has 7 heteroatoms. The van der Waals surface area contributed by atoms with Gasteiger partial charge in [0.25, 0.3) is 0 Å². The molecule has 0 aromatic carbocycles.